The van der Waals surface area contributed by atoms with Crippen LogP contribution in [0.4, 0.5) is 15.8 Å². The van der Waals surface area contributed by atoms with E-state index in [1.807, 2.05) is 67.5 Å². The third kappa shape index (κ3) is 5.63. The third-order valence-corrected chi connectivity index (χ3v) is 6.24. The highest BCUT2D eigenvalue weighted by molar-refractivity contribution is 5.95. The molecule has 1 fully saturated rings. The molecule has 0 saturated heterocycles. The smallest absolute Gasteiger partial charge is 0.254 e. The molecule has 6 heteroatoms. The summed E-state index contributed by atoms with van der Waals surface area (Å²) in [6.07, 6.45) is 2.96. The Kier molecular flexibility index (Phi) is 7.26. The SMILES string of the molecule is CN(C)c1ccc(NC(=O)C2CCC2)cc1CN(Cc1ccccc1)C(=O)c1cccc(F)c1. The van der Waals surface area contributed by atoms with E-state index in [9.17, 15) is 14.0 Å². The second-order valence-corrected chi connectivity index (χ2v) is 9.01. The van der Waals surface area contributed by atoms with E-state index in [0.717, 1.165) is 41.8 Å². The van der Waals surface area contributed by atoms with E-state index < -0.39 is 5.82 Å². The number of rotatable bonds is 8. The predicted molar refractivity (Wildman–Crippen MR) is 133 cm³/mol. The number of halogens is 1. The van der Waals surface area contributed by atoms with Crippen LogP contribution in [0.1, 0.15) is 40.7 Å². The topological polar surface area (TPSA) is 52.7 Å². The molecule has 34 heavy (non-hydrogen) atoms. The molecule has 176 valence electrons. The molecule has 3 aromatic carbocycles. The molecular weight excluding hydrogens is 429 g/mol. The summed E-state index contributed by atoms with van der Waals surface area (Å²) >= 11 is 0. The largest absolute Gasteiger partial charge is 0.377 e. The first-order chi connectivity index (χ1) is 16.4. The van der Waals surface area contributed by atoms with Gasteiger partial charge >= 0.3 is 0 Å². The summed E-state index contributed by atoms with van der Waals surface area (Å²) in [5.41, 5.74) is 3.85. The lowest BCUT2D eigenvalue weighted by Gasteiger charge is -2.27. The Labute approximate surface area is 200 Å². The highest BCUT2D eigenvalue weighted by Gasteiger charge is 2.25. The molecule has 1 saturated carbocycles. The Balaban J connectivity index is 1.65. The molecule has 0 atom stereocenters. The Hall–Kier alpha value is -3.67. The zero-order chi connectivity index (χ0) is 24.1. The molecule has 3 aromatic rings. The van der Waals surface area contributed by atoms with Gasteiger partial charge in [-0.15, -0.1) is 0 Å². The van der Waals surface area contributed by atoms with Gasteiger partial charge in [0.2, 0.25) is 5.91 Å². The Morgan fingerprint density at radius 1 is 0.941 bits per heavy atom. The van der Waals surface area contributed by atoms with Crippen LogP contribution in [0.2, 0.25) is 0 Å². The van der Waals surface area contributed by atoms with Gasteiger partial charge in [0.1, 0.15) is 5.82 Å². The van der Waals surface area contributed by atoms with Crippen LogP contribution in [0.25, 0.3) is 0 Å². The van der Waals surface area contributed by atoms with E-state index in [1.165, 1.54) is 12.1 Å². The molecule has 0 aliphatic heterocycles. The van der Waals surface area contributed by atoms with E-state index in [1.54, 1.807) is 17.0 Å². The van der Waals surface area contributed by atoms with Gasteiger partial charge < -0.3 is 15.1 Å². The van der Waals surface area contributed by atoms with E-state index in [0.29, 0.717) is 18.7 Å². The first-order valence-electron chi connectivity index (χ1n) is 11.6. The van der Waals surface area contributed by atoms with Crippen LogP contribution in [0.5, 0.6) is 0 Å². The highest BCUT2D eigenvalue weighted by atomic mass is 19.1. The highest BCUT2D eigenvalue weighted by Crippen LogP contribution is 2.30. The van der Waals surface area contributed by atoms with Gasteiger partial charge in [0.05, 0.1) is 0 Å². The van der Waals surface area contributed by atoms with Gasteiger partial charge in [-0.1, -0.05) is 42.8 Å². The summed E-state index contributed by atoms with van der Waals surface area (Å²) in [4.78, 5) is 29.7. The molecule has 2 amide bonds. The molecular formula is C28H30FN3O2. The van der Waals surface area contributed by atoms with E-state index >= 15 is 0 Å². The number of anilines is 2. The average molecular weight is 460 g/mol. The molecule has 0 bridgehead atoms. The number of benzene rings is 3. The van der Waals surface area contributed by atoms with Crippen molar-refractivity contribution in [2.45, 2.75) is 32.4 Å². The fourth-order valence-corrected chi connectivity index (χ4v) is 4.15. The zero-order valence-electron chi connectivity index (χ0n) is 19.6. The van der Waals surface area contributed by atoms with Gasteiger partial charge in [0.15, 0.2) is 0 Å². The normalized spacial score (nSPS) is 13.1. The van der Waals surface area contributed by atoms with Crippen LogP contribution in [-0.2, 0) is 17.9 Å². The summed E-state index contributed by atoms with van der Waals surface area (Å²) in [7, 11) is 3.89. The zero-order valence-corrected chi connectivity index (χ0v) is 19.6. The fourth-order valence-electron chi connectivity index (χ4n) is 4.15. The lowest BCUT2D eigenvalue weighted by atomic mass is 9.85. The monoisotopic (exact) mass is 459 g/mol. The van der Waals surface area contributed by atoms with E-state index in [-0.39, 0.29) is 17.7 Å². The van der Waals surface area contributed by atoms with Crippen LogP contribution in [-0.4, -0.2) is 30.8 Å². The molecule has 1 N–H and O–H groups in total. The lowest BCUT2D eigenvalue weighted by Crippen LogP contribution is -2.31. The summed E-state index contributed by atoms with van der Waals surface area (Å²) in [5, 5.41) is 3.03. The number of nitrogens with zero attached hydrogens (tertiary/aromatic N) is 2. The maximum atomic E-state index is 13.9. The van der Waals surface area contributed by atoms with Crippen molar-refractivity contribution in [3.63, 3.8) is 0 Å². The third-order valence-electron chi connectivity index (χ3n) is 6.24. The van der Waals surface area contributed by atoms with Crippen molar-refractivity contribution in [3.8, 4) is 0 Å². The lowest BCUT2D eigenvalue weighted by molar-refractivity contribution is -0.122. The van der Waals surface area contributed by atoms with Crippen molar-refractivity contribution >= 4 is 23.2 Å². The number of amides is 2. The fraction of sp³-hybridized carbons (Fsp3) is 0.286. The summed E-state index contributed by atoms with van der Waals surface area (Å²) in [6, 6.07) is 21.3. The number of nitrogens with one attached hydrogen (secondary N) is 1. The molecule has 4 rings (SSSR count). The van der Waals surface area contributed by atoms with Crippen molar-refractivity contribution in [2.24, 2.45) is 5.92 Å². The Morgan fingerprint density at radius 2 is 1.71 bits per heavy atom. The van der Waals surface area contributed by atoms with Crippen LogP contribution < -0.4 is 10.2 Å². The summed E-state index contributed by atoms with van der Waals surface area (Å²) in [6.45, 7) is 0.687. The van der Waals surface area contributed by atoms with Crippen LogP contribution >= 0.6 is 0 Å². The van der Waals surface area contributed by atoms with Crippen molar-refractivity contribution < 1.29 is 14.0 Å². The summed E-state index contributed by atoms with van der Waals surface area (Å²) < 4.78 is 13.9. The first kappa shape index (κ1) is 23.5. The van der Waals surface area contributed by atoms with Gasteiger partial charge in [-0.2, -0.15) is 0 Å². The van der Waals surface area contributed by atoms with Crippen molar-refractivity contribution in [1.29, 1.82) is 0 Å². The average Bonchev–Trinajstić information content (AvgIpc) is 2.77. The minimum Gasteiger partial charge on any atom is -0.377 e. The Morgan fingerprint density at radius 3 is 2.35 bits per heavy atom. The molecule has 0 unspecified atom stereocenters. The molecule has 0 aromatic heterocycles. The van der Waals surface area contributed by atoms with Gasteiger partial charge in [-0.05, 0) is 60.4 Å². The minimum absolute atomic E-state index is 0.0479. The Bertz CT molecular complexity index is 1160. The predicted octanol–water partition coefficient (Wildman–Crippen LogP) is 5.47. The van der Waals surface area contributed by atoms with Crippen molar-refractivity contribution in [3.05, 3.63) is 95.3 Å². The number of hydrogen-bond acceptors (Lipinski definition) is 3. The summed E-state index contributed by atoms with van der Waals surface area (Å²) in [5.74, 6) is -0.565. The molecule has 0 spiro atoms. The molecule has 1 aliphatic rings. The molecule has 0 heterocycles. The van der Waals surface area contributed by atoms with Crippen LogP contribution in [0.15, 0.2) is 72.8 Å². The number of carbonyl (C=O) groups is 2. The van der Waals surface area contributed by atoms with Crippen LogP contribution in [0.3, 0.4) is 0 Å². The number of carbonyl (C=O) groups excluding carboxylic acids is 2. The van der Waals surface area contributed by atoms with E-state index in [4.69, 9.17) is 0 Å². The van der Waals surface area contributed by atoms with Gasteiger partial charge in [-0.25, -0.2) is 4.39 Å². The first-order valence-corrected chi connectivity index (χ1v) is 11.6. The molecule has 1 aliphatic carbocycles. The van der Waals surface area contributed by atoms with Crippen LogP contribution in [0, 0.1) is 11.7 Å². The molecule has 5 nitrogen and oxygen atoms in total. The van der Waals surface area contributed by atoms with E-state index in [2.05, 4.69) is 5.32 Å². The van der Waals surface area contributed by atoms with Gasteiger partial charge in [-0.3, -0.25) is 9.59 Å². The maximum Gasteiger partial charge on any atom is 0.254 e. The number of hydrogen-bond donors (Lipinski definition) is 1. The molecule has 0 radical (unpaired) electrons. The standard InChI is InChI=1S/C28H30FN3O2/c1-31(2)26-15-14-25(30-27(33)21-10-6-11-21)17-23(26)19-32(18-20-8-4-3-5-9-20)28(34)22-12-7-13-24(29)16-22/h3-5,7-9,12-17,21H,6,10-11,18-19H2,1-2H3,(H,30,33). The van der Waals surface area contributed by atoms with Crippen molar-refractivity contribution in [1.82, 2.24) is 4.90 Å². The second kappa shape index (κ2) is 10.5. The van der Waals surface area contributed by atoms with Gasteiger partial charge in [0, 0.05) is 50.0 Å². The minimum atomic E-state index is -0.444. The second-order valence-electron chi connectivity index (χ2n) is 9.01. The van der Waals surface area contributed by atoms with Gasteiger partial charge in [0.25, 0.3) is 5.91 Å². The maximum absolute atomic E-state index is 13.9. The van der Waals surface area contributed by atoms with Crippen molar-refractivity contribution in [2.75, 3.05) is 24.3 Å². The quantitative estimate of drug-likeness (QED) is 0.486.